The highest BCUT2D eigenvalue weighted by Crippen LogP contribution is 2.36. The first-order valence-corrected chi connectivity index (χ1v) is 14.3. The van der Waals surface area contributed by atoms with Crippen molar-refractivity contribution in [2.75, 3.05) is 27.2 Å². The molecule has 0 aliphatic heterocycles. The lowest BCUT2D eigenvalue weighted by atomic mass is 10.2. The topological polar surface area (TPSA) is 38.8 Å². The summed E-state index contributed by atoms with van der Waals surface area (Å²) in [5, 5.41) is 0.0743. The predicted octanol–water partition coefficient (Wildman–Crippen LogP) is 4.10. The molecule has 132 valence electrons. The zero-order chi connectivity index (χ0) is 17.6. The highest BCUT2D eigenvalue weighted by Gasteiger charge is 2.40. The van der Waals surface area contributed by atoms with E-state index in [-0.39, 0.29) is 11.0 Å². The predicted molar refractivity (Wildman–Crippen MR) is 99.3 cm³/mol. The minimum absolute atomic E-state index is 0.0509. The minimum Gasteiger partial charge on any atom is -0.519 e. The number of rotatable bonds is 9. The summed E-state index contributed by atoms with van der Waals surface area (Å²) in [7, 11) is 0.454. The Morgan fingerprint density at radius 2 is 1.64 bits per heavy atom. The second-order valence-electron chi connectivity index (χ2n) is 8.36. The smallest absolute Gasteiger partial charge is 0.293 e. The fourth-order valence-corrected chi connectivity index (χ4v) is 3.95. The molecule has 0 aromatic rings. The average molecular weight is 348 g/mol. The maximum absolute atomic E-state index is 12.1. The lowest BCUT2D eigenvalue weighted by Crippen LogP contribution is -2.43. The van der Waals surface area contributed by atoms with Crippen LogP contribution in [0.15, 0.2) is 0 Å². The highest BCUT2D eigenvalue weighted by atomic mass is 28.4. The molecule has 0 saturated heterocycles. The van der Waals surface area contributed by atoms with Crippen LogP contribution in [0.3, 0.4) is 0 Å². The van der Waals surface area contributed by atoms with Crippen molar-refractivity contribution in [2.45, 2.75) is 70.9 Å². The molecule has 0 saturated carbocycles. The molecule has 0 bridgehead atoms. The summed E-state index contributed by atoms with van der Waals surface area (Å²) < 4.78 is 11.3. The summed E-state index contributed by atoms with van der Waals surface area (Å²) in [6, 6.07) is 1.16. The summed E-state index contributed by atoms with van der Waals surface area (Å²) >= 11 is 0. The second kappa shape index (κ2) is 8.61. The van der Waals surface area contributed by atoms with E-state index in [0.29, 0.717) is 6.42 Å². The third-order valence-electron chi connectivity index (χ3n) is 4.74. The minimum atomic E-state index is -1.97. The van der Waals surface area contributed by atoms with E-state index in [1.807, 2.05) is 7.11 Å². The van der Waals surface area contributed by atoms with Crippen molar-refractivity contribution in [2.24, 2.45) is 0 Å². The Kier molecular flexibility index (Phi) is 8.54. The molecule has 0 heterocycles. The van der Waals surface area contributed by atoms with Crippen molar-refractivity contribution in [3.05, 3.63) is 0 Å². The van der Waals surface area contributed by atoms with E-state index >= 15 is 0 Å². The number of carbonyl (C=O) groups is 1. The van der Waals surface area contributed by atoms with Gasteiger partial charge in [0.2, 0.25) is 0 Å². The van der Waals surface area contributed by atoms with Gasteiger partial charge in [-0.2, -0.15) is 0 Å². The Balaban J connectivity index is 4.06. The van der Waals surface area contributed by atoms with Gasteiger partial charge in [-0.25, -0.2) is 0 Å². The third kappa shape index (κ3) is 8.45. The summed E-state index contributed by atoms with van der Waals surface area (Å²) in [5.74, 6) is -0.0509. The summed E-state index contributed by atoms with van der Waals surface area (Å²) in [6.07, 6.45) is 1.61. The number of nitrogens with zero attached hydrogens (tertiary/aromatic N) is 1. The van der Waals surface area contributed by atoms with E-state index in [0.717, 1.165) is 25.6 Å². The molecule has 22 heavy (non-hydrogen) atoms. The molecule has 0 aromatic heterocycles. The van der Waals surface area contributed by atoms with Gasteiger partial charge in [0.25, 0.3) is 14.3 Å². The van der Waals surface area contributed by atoms with Crippen LogP contribution in [0.5, 0.6) is 0 Å². The Morgan fingerprint density at radius 1 is 1.09 bits per heavy atom. The first-order valence-electron chi connectivity index (χ1n) is 8.26. The van der Waals surface area contributed by atoms with E-state index in [1.54, 1.807) is 0 Å². The van der Waals surface area contributed by atoms with Gasteiger partial charge < -0.3 is 13.8 Å². The molecule has 0 spiro atoms. The standard InChI is InChI=1S/C16H37NO3Si2/c1-16(2,3)22(8,9)20-15(18)11-13-17(4)12-10-14-21(6,7)19-5/h10-14H2,1-9H3. The molecular formula is C16H37NO3Si2. The lowest BCUT2D eigenvalue weighted by Gasteiger charge is -2.35. The number of hydrogen-bond donors (Lipinski definition) is 0. The van der Waals surface area contributed by atoms with Crippen LogP contribution in [0.4, 0.5) is 0 Å². The third-order valence-corrected chi connectivity index (χ3v) is 11.8. The van der Waals surface area contributed by atoms with Crippen molar-refractivity contribution < 1.29 is 13.6 Å². The molecule has 4 nitrogen and oxygen atoms in total. The molecule has 6 heteroatoms. The van der Waals surface area contributed by atoms with Crippen LogP contribution in [-0.2, 0) is 13.6 Å². The fraction of sp³-hybridized carbons (Fsp3) is 0.938. The van der Waals surface area contributed by atoms with Gasteiger partial charge in [0, 0.05) is 13.7 Å². The van der Waals surface area contributed by atoms with Gasteiger partial charge in [-0.3, -0.25) is 4.79 Å². The van der Waals surface area contributed by atoms with E-state index < -0.39 is 16.6 Å². The lowest BCUT2D eigenvalue weighted by molar-refractivity contribution is -0.135. The van der Waals surface area contributed by atoms with Crippen LogP contribution < -0.4 is 0 Å². The largest absolute Gasteiger partial charge is 0.519 e. The van der Waals surface area contributed by atoms with Crippen LogP contribution >= 0.6 is 0 Å². The van der Waals surface area contributed by atoms with Gasteiger partial charge in [0.15, 0.2) is 8.32 Å². The van der Waals surface area contributed by atoms with Gasteiger partial charge in [0.1, 0.15) is 0 Å². The van der Waals surface area contributed by atoms with E-state index in [9.17, 15) is 4.79 Å². The fourth-order valence-electron chi connectivity index (χ4n) is 1.76. The van der Waals surface area contributed by atoms with E-state index in [4.69, 9.17) is 8.85 Å². The first-order chi connectivity index (χ1) is 9.81. The maximum atomic E-state index is 12.1. The monoisotopic (exact) mass is 347 g/mol. The van der Waals surface area contributed by atoms with Crippen LogP contribution in [0.2, 0.25) is 37.3 Å². The van der Waals surface area contributed by atoms with Crippen molar-refractivity contribution in [3.63, 3.8) is 0 Å². The van der Waals surface area contributed by atoms with Gasteiger partial charge >= 0.3 is 0 Å². The molecule has 0 fully saturated rings. The maximum Gasteiger partial charge on any atom is 0.293 e. The average Bonchev–Trinajstić information content (AvgIpc) is 2.34. The van der Waals surface area contributed by atoms with Gasteiger partial charge in [-0.1, -0.05) is 20.8 Å². The molecule has 0 aliphatic carbocycles. The first kappa shape index (κ1) is 21.8. The molecule has 0 rings (SSSR count). The number of carbonyl (C=O) groups excluding carboxylic acids is 1. The Bertz CT molecular complexity index is 352. The normalized spacial score (nSPS) is 13.5. The molecule has 0 radical (unpaired) electrons. The van der Waals surface area contributed by atoms with Crippen LogP contribution in [-0.4, -0.2) is 54.8 Å². The quantitative estimate of drug-likeness (QED) is 0.589. The molecule has 0 N–H and O–H groups in total. The summed E-state index contributed by atoms with van der Waals surface area (Å²) in [4.78, 5) is 14.3. The molecule has 0 atom stereocenters. The Labute approximate surface area is 139 Å². The van der Waals surface area contributed by atoms with Crippen LogP contribution in [0.1, 0.15) is 33.6 Å². The van der Waals surface area contributed by atoms with Gasteiger partial charge in [-0.15, -0.1) is 0 Å². The number of hydrogen-bond acceptors (Lipinski definition) is 4. The molecular weight excluding hydrogens is 310 g/mol. The SMILES string of the molecule is CO[Si](C)(C)CCCN(C)CCC(=O)O[Si](C)(C)C(C)(C)C. The second-order valence-corrected chi connectivity index (χ2v) is 17.5. The Hall–Kier alpha value is -0.176. The van der Waals surface area contributed by atoms with Crippen molar-refractivity contribution in [1.82, 2.24) is 4.90 Å². The zero-order valence-electron chi connectivity index (χ0n) is 16.2. The Morgan fingerprint density at radius 3 is 2.09 bits per heavy atom. The van der Waals surface area contributed by atoms with Crippen molar-refractivity contribution >= 4 is 22.6 Å². The molecule has 0 unspecified atom stereocenters. The summed E-state index contributed by atoms with van der Waals surface area (Å²) in [5.41, 5.74) is 0. The van der Waals surface area contributed by atoms with Crippen LogP contribution in [0.25, 0.3) is 0 Å². The van der Waals surface area contributed by atoms with Crippen LogP contribution in [0, 0.1) is 0 Å². The molecule has 0 aromatic carbocycles. The molecule has 0 amide bonds. The zero-order valence-corrected chi connectivity index (χ0v) is 18.2. The summed E-state index contributed by atoms with van der Waals surface area (Å²) in [6.45, 7) is 16.9. The molecule has 0 aliphatic rings. The van der Waals surface area contributed by atoms with Crippen molar-refractivity contribution in [1.29, 1.82) is 0 Å². The van der Waals surface area contributed by atoms with E-state index in [2.05, 4.69) is 58.9 Å². The van der Waals surface area contributed by atoms with Crippen molar-refractivity contribution in [3.8, 4) is 0 Å². The van der Waals surface area contributed by atoms with E-state index in [1.165, 1.54) is 0 Å². The van der Waals surface area contributed by atoms with Gasteiger partial charge in [-0.05, 0) is 57.3 Å². The van der Waals surface area contributed by atoms with Gasteiger partial charge in [0.05, 0.1) is 6.42 Å². The highest BCUT2D eigenvalue weighted by molar-refractivity contribution is 6.75.